The Labute approximate surface area is 182 Å². The van der Waals surface area contributed by atoms with Crippen molar-refractivity contribution in [2.75, 3.05) is 19.6 Å². The summed E-state index contributed by atoms with van der Waals surface area (Å²) in [5, 5.41) is 15.6. The SMILES string of the molecule is CC(C)CCC(=O)N[C@@H](CN1CC[C@](O)(C2C=CC(Cl)=CC2)C(C)(C)C1)C(C)C. The molecule has 0 aromatic carbocycles. The molecule has 166 valence electrons. The molecule has 1 unspecified atom stereocenters. The van der Waals surface area contributed by atoms with Gasteiger partial charge in [0.2, 0.25) is 5.91 Å². The van der Waals surface area contributed by atoms with Gasteiger partial charge in [0.1, 0.15) is 0 Å². The Morgan fingerprint density at radius 1 is 1.34 bits per heavy atom. The lowest BCUT2D eigenvalue weighted by molar-refractivity contribution is -0.145. The Kier molecular flexibility index (Phi) is 8.41. The van der Waals surface area contributed by atoms with Crippen LogP contribution in [0.3, 0.4) is 0 Å². The Hall–Kier alpha value is -0.840. The van der Waals surface area contributed by atoms with E-state index in [1.165, 1.54) is 0 Å². The molecule has 29 heavy (non-hydrogen) atoms. The zero-order valence-electron chi connectivity index (χ0n) is 19.2. The van der Waals surface area contributed by atoms with E-state index in [4.69, 9.17) is 11.6 Å². The normalized spacial score (nSPS) is 28.5. The molecule has 5 heteroatoms. The highest BCUT2D eigenvalue weighted by Gasteiger charge is 2.51. The average Bonchev–Trinajstić information content (AvgIpc) is 2.62. The van der Waals surface area contributed by atoms with Crippen molar-refractivity contribution in [3.05, 3.63) is 23.3 Å². The maximum Gasteiger partial charge on any atom is 0.220 e. The second-order valence-electron chi connectivity index (χ2n) is 10.4. The van der Waals surface area contributed by atoms with Crippen LogP contribution < -0.4 is 5.32 Å². The van der Waals surface area contributed by atoms with E-state index in [0.717, 1.165) is 43.9 Å². The summed E-state index contributed by atoms with van der Waals surface area (Å²) in [6, 6.07) is 0.132. The minimum atomic E-state index is -0.748. The van der Waals surface area contributed by atoms with Gasteiger partial charge in [-0.15, -0.1) is 0 Å². The minimum Gasteiger partial charge on any atom is -0.389 e. The van der Waals surface area contributed by atoms with Gasteiger partial charge in [0.05, 0.1) is 5.60 Å². The van der Waals surface area contributed by atoms with Crippen molar-refractivity contribution in [3.63, 3.8) is 0 Å². The van der Waals surface area contributed by atoms with Crippen LogP contribution in [0.1, 0.15) is 67.2 Å². The van der Waals surface area contributed by atoms with Crippen LogP contribution in [0.25, 0.3) is 0 Å². The van der Waals surface area contributed by atoms with E-state index < -0.39 is 5.60 Å². The third-order valence-electron chi connectivity index (χ3n) is 6.82. The van der Waals surface area contributed by atoms with E-state index in [0.29, 0.717) is 18.3 Å². The van der Waals surface area contributed by atoms with Gasteiger partial charge >= 0.3 is 0 Å². The standard InChI is InChI=1S/C24H41ClN2O2/c1-17(2)7-12-22(28)26-21(18(3)4)15-27-14-13-24(29,23(5,6)16-27)19-8-10-20(25)11-9-19/h8,10-11,17-19,21,29H,7,9,12-16H2,1-6H3,(H,26,28)/t19?,21-,24-/m0/s1. The van der Waals surface area contributed by atoms with Crippen molar-refractivity contribution < 1.29 is 9.90 Å². The molecule has 1 aliphatic carbocycles. The second-order valence-corrected chi connectivity index (χ2v) is 10.9. The Morgan fingerprint density at radius 2 is 2.03 bits per heavy atom. The molecule has 0 saturated carbocycles. The maximum atomic E-state index is 12.4. The van der Waals surface area contributed by atoms with Gasteiger partial charge in [-0.25, -0.2) is 0 Å². The summed E-state index contributed by atoms with van der Waals surface area (Å²) in [6.45, 7) is 15.4. The van der Waals surface area contributed by atoms with Gasteiger partial charge in [-0.1, -0.05) is 65.3 Å². The van der Waals surface area contributed by atoms with Crippen LogP contribution >= 0.6 is 11.6 Å². The number of allylic oxidation sites excluding steroid dienone is 3. The number of piperidine rings is 1. The monoisotopic (exact) mass is 424 g/mol. The first-order valence-electron chi connectivity index (χ1n) is 11.2. The lowest BCUT2D eigenvalue weighted by Gasteiger charge is -2.54. The molecule has 1 amide bonds. The second kappa shape index (κ2) is 9.98. The number of amides is 1. The maximum absolute atomic E-state index is 12.4. The number of halogens is 1. The zero-order chi connectivity index (χ0) is 21.8. The van der Waals surface area contributed by atoms with Gasteiger partial charge in [-0.05, 0) is 37.2 Å². The van der Waals surface area contributed by atoms with Crippen molar-refractivity contribution in [2.24, 2.45) is 23.2 Å². The highest BCUT2D eigenvalue weighted by atomic mass is 35.5. The Bertz CT molecular complexity index is 626. The lowest BCUT2D eigenvalue weighted by Crippen LogP contribution is -2.62. The molecule has 0 radical (unpaired) electrons. The van der Waals surface area contributed by atoms with E-state index in [1.54, 1.807) is 0 Å². The summed E-state index contributed by atoms with van der Waals surface area (Å²) in [5.41, 5.74) is -0.997. The summed E-state index contributed by atoms with van der Waals surface area (Å²) >= 11 is 6.08. The summed E-state index contributed by atoms with van der Waals surface area (Å²) in [6.07, 6.45) is 9.03. The predicted molar refractivity (Wildman–Crippen MR) is 122 cm³/mol. The molecule has 0 aromatic heterocycles. The van der Waals surface area contributed by atoms with Crippen LogP contribution in [0.5, 0.6) is 0 Å². The summed E-state index contributed by atoms with van der Waals surface area (Å²) < 4.78 is 0. The van der Waals surface area contributed by atoms with Crippen molar-refractivity contribution in [1.29, 1.82) is 0 Å². The number of rotatable bonds is 8. The molecule has 0 bridgehead atoms. The number of nitrogens with zero attached hydrogens (tertiary/aromatic N) is 1. The third kappa shape index (κ3) is 6.32. The highest BCUT2D eigenvalue weighted by molar-refractivity contribution is 6.31. The molecule has 2 N–H and O–H groups in total. The number of likely N-dealkylation sites (tertiary alicyclic amines) is 1. The molecule has 1 heterocycles. The molecular weight excluding hydrogens is 384 g/mol. The van der Waals surface area contributed by atoms with Gasteiger partial charge in [0.25, 0.3) is 0 Å². The van der Waals surface area contributed by atoms with Crippen LogP contribution in [-0.4, -0.2) is 47.2 Å². The minimum absolute atomic E-state index is 0.0961. The van der Waals surface area contributed by atoms with E-state index in [1.807, 2.05) is 12.2 Å². The fraction of sp³-hybridized carbons (Fsp3) is 0.792. The van der Waals surface area contributed by atoms with Crippen LogP contribution in [0.15, 0.2) is 23.3 Å². The fourth-order valence-corrected chi connectivity index (χ4v) is 4.80. The van der Waals surface area contributed by atoms with Crippen LogP contribution in [0.2, 0.25) is 0 Å². The summed E-state index contributed by atoms with van der Waals surface area (Å²) in [7, 11) is 0. The molecular formula is C24H41ClN2O2. The Balaban J connectivity index is 1.99. The number of hydrogen-bond donors (Lipinski definition) is 2. The molecule has 0 aromatic rings. The molecule has 3 atom stereocenters. The van der Waals surface area contributed by atoms with Crippen LogP contribution in [-0.2, 0) is 4.79 Å². The number of aliphatic hydroxyl groups is 1. The van der Waals surface area contributed by atoms with Gasteiger partial charge < -0.3 is 15.3 Å². The van der Waals surface area contributed by atoms with Crippen LogP contribution in [0, 0.1) is 23.2 Å². The molecule has 4 nitrogen and oxygen atoms in total. The number of carbonyl (C=O) groups excluding carboxylic acids is 1. The third-order valence-corrected chi connectivity index (χ3v) is 7.10. The van der Waals surface area contributed by atoms with E-state index >= 15 is 0 Å². The van der Waals surface area contributed by atoms with E-state index in [2.05, 4.69) is 57.8 Å². The van der Waals surface area contributed by atoms with Crippen molar-refractivity contribution in [2.45, 2.75) is 78.9 Å². The first-order valence-corrected chi connectivity index (χ1v) is 11.6. The molecule has 1 aliphatic heterocycles. The quantitative estimate of drug-likeness (QED) is 0.592. The van der Waals surface area contributed by atoms with Crippen LogP contribution in [0.4, 0.5) is 0 Å². The smallest absolute Gasteiger partial charge is 0.220 e. The van der Waals surface area contributed by atoms with Crippen molar-refractivity contribution >= 4 is 17.5 Å². The zero-order valence-corrected chi connectivity index (χ0v) is 19.9. The predicted octanol–water partition coefficient (Wildman–Crippen LogP) is 4.73. The molecule has 2 rings (SSSR count). The topological polar surface area (TPSA) is 52.6 Å². The molecule has 1 fully saturated rings. The number of nitrogens with one attached hydrogen (secondary N) is 1. The van der Waals surface area contributed by atoms with Gasteiger partial charge in [0, 0.05) is 48.5 Å². The summed E-state index contributed by atoms with van der Waals surface area (Å²) in [4.78, 5) is 14.8. The lowest BCUT2D eigenvalue weighted by atomic mass is 9.62. The van der Waals surface area contributed by atoms with E-state index in [-0.39, 0.29) is 23.3 Å². The molecule has 1 saturated heterocycles. The summed E-state index contributed by atoms with van der Waals surface area (Å²) in [5.74, 6) is 1.16. The van der Waals surface area contributed by atoms with Crippen molar-refractivity contribution in [1.82, 2.24) is 10.2 Å². The highest BCUT2D eigenvalue weighted by Crippen LogP contribution is 2.46. The molecule has 0 spiro atoms. The van der Waals surface area contributed by atoms with Crippen molar-refractivity contribution in [3.8, 4) is 0 Å². The van der Waals surface area contributed by atoms with Gasteiger partial charge in [-0.2, -0.15) is 0 Å². The molecule has 2 aliphatic rings. The largest absolute Gasteiger partial charge is 0.389 e. The first-order chi connectivity index (χ1) is 13.4. The van der Waals surface area contributed by atoms with E-state index in [9.17, 15) is 9.90 Å². The fourth-order valence-electron chi connectivity index (χ4n) is 4.63. The Morgan fingerprint density at radius 3 is 2.55 bits per heavy atom. The first kappa shape index (κ1) is 24.4. The average molecular weight is 425 g/mol. The number of carbonyl (C=O) groups is 1. The van der Waals surface area contributed by atoms with Gasteiger partial charge in [-0.3, -0.25) is 4.79 Å². The number of hydrogen-bond acceptors (Lipinski definition) is 3. The van der Waals surface area contributed by atoms with Gasteiger partial charge in [0.15, 0.2) is 0 Å².